The zero-order valence-electron chi connectivity index (χ0n) is 10.1. The van der Waals surface area contributed by atoms with E-state index >= 15 is 0 Å². The Labute approximate surface area is 122 Å². The van der Waals surface area contributed by atoms with E-state index in [1.165, 1.54) is 11.0 Å². The van der Waals surface area contributed by atoms with Crippen LogP contribution >= 0.6 is 22.6 Å². The molecule has 1 N–H and O–H groups in total. The second kappa shape index (κ2) is 5.91. The number of halogens is 1. The van der Waals surface area contributed by atoms with E-state index in [0.717, 1.165) is 9.99 Å². The summed E-state index contributed by atoms with van der Waals surface area (Å²) < 4.78 is 2.24. The van der Waals surface area contributed by atoms with Crippen LogP contribution in [0, 0.1) is 13.7 Å². The molecule has 2 rings (SSSR count). The molecule has 100 valence electrons. The minimum absolute atomic E-state index is 0.154. The van der Waals surface area contributed by atoms with Gasteiger partial charge in [-0.2, -0.15) is 5.10 Å². The lowest BCUT2D eigenvalue weighted by Gasteiger charge is -2.07. The van der Waals surface area contributed by atoms with Crippen LogP contribution < -0.4 is 5.32 Å². The van der Waals surface area contributed by atoms with Crippen molar-refractivity contribution >= 4 is 34.1 Å². The summed E-state index contributed by atoms with van der Waals surface area (Å²) in [6.45, 7) is 2.57. The third-order valence-electron chi connectivity index (χ3n) is 2.30. The molecule has 0 bridgehead atoms. The fourth-order valence-corrected chi connectivity index (χ4v) is 1.88. The number of aromatic nitrogens is 4. The number of anilines is 1. The van der Waals surface area contributed by atoms with Gasteiger partial charge in [0, 0.05) is 12.7 Å². The minimum Gasteiger partial charge on any atom is -0.364 e. The van der Waals surface area contributed by atoms with Crippen molar-refractivity contribution in [2.45, 2.75) is 13.3 Å². The van der Waals surface area contributed by atoms with Gasteiger partial charge in [0.25, 0.3) is 0 Å². The van der Waals surface area contributed by atoms with Crippen molar-refractivity contribution in [2.75, 3.05) is 11.9 Å². The van der Waals surface area contributed by atoms with Gasteiger partial charge in [0.1, 0.15) is 6.33 Å². The van der Waals surface area contributed by atoms with Gasteiger partial charge >= 0.3 is 5.69 Å². The van der Waals surface area contributed by atoms with Gasteiger partial charge in [-0.15, -0.1) is 0 Å². The third kappa shape index (κ3) is 2.97. The van der Waals surface area contributed by atoms with Gasteiger partial charge in [0.15, 0.2) is 0 Å². The maximum Gasteiger partial charge on any atom is 0.355 e. The summed E-state index contributed by atoms with van der Waals surface area (Å²) in [4.78, 5) is 18.6. The lowest BCUT2D eigenvalue weighted by atomic mass is 10.4. The molecule has 2 heterocycles. The van der Waals surface area contributed by atoms with Crippen LogP contribution in [-0.4, -0.2) is 31.2 Å². The van der Waals surface area contributed by atoms with Crippen LogP contribution in [-0.2, 0) is 0 Å². The predicted octanol–water partition coefficient (Wildman–Crippen LogP) is 2.00. The monoisotopic (exact) mass is 374 g/mol. The fourth-order valence-electron chi connectivity index (χ4n) is 1.49. The number of hydrogen-bond acceptors (Lipinski definition) is 6. The van der Waals surface area contributed by atoms with E-state index < -0.39 is 4.92 Å². The highest BCUT2D eigenvalue weighted by Gasteiger charge is 2.24. The molecular formula is C10H11IN6O2. The highest BCUT2D eigenvalue weighted by molar-refractivity contribution is 14.1. The Morgan fingerprint density at radius 2 is 2.32 bits per heavy atom. The maximum absolute atomic E-state index is 11.2. The van der Waals surface area contributed by atoms with Crippen LogP contribution in [0.1, 0.15) is 13.3 Å². The van der Waals surface area contributed by atoms with E-state index in [4.69, 9.17) is 0 Å². The van der Waals surface area contributed by atoms with Gasteiger partial charge in [-0.3, -0.25) is 10.1 Å². The largest absolute Gasteiger partial charge is 0.364 e. The standard InChI is InChI=1S/C10H11IN6O2/c1-2-3-12-9-8(17(18)19)10(14-6-13-9)16-5-7(11)4-15-16/h4-6H,2-3H2,1H3,(H,12,13,14). The van der Waals surface area contributed by atoms with E-state index in [2.05, 4.69) is 43.0 Å². The molecule has 0 saturated carbocycles. The second-order valence-electron chi connectivity index (χ2n) is 3.68. The summed E-state index contributed by atoms with van der Waals surface area (Å²) in [5, 5.41) is 18.2. The third-order valence-corrected chi connectivity index (χ3v) is 2.85. The molecule has 0 amide bonds. The Morgan fingerprint density at radius 1 is 1.53 bits per heavy atom. The summed E-state index contributed by atoms with van der Waals surface area (Å²) in [7, 11) is 0. The first-order chi connectivity index (χ1) is 9.13. The fraction of sp³-hybridized carbons (Fsp3) is 0.300. The van der Waals surface area contributed by atoms with E-state index in [0.29, 0.717) is 6.54 Å². The average Bonchev–Trinajstić information content (AvgIpc) is 2.82. The first-order valence-electron chi connectivity index (χ1n) is 5.57. The molecule has 2 aromatic heterocycles. The summed E-state index contributed by atoms with van der Waals surface area (Å²) in [5.41, 5.74) is -0.171. The van der Waals surface area contributed by atoms with Gasteiger partial charge in [0.05, 0.1) is 14.7 Å². The number of nitro groups is 1. The minimum atomic E-state index is -0.498. The van der Waals surface area contributed by atoms with Crippen LogP contribution in [0.15, 0.2) is 18.7 Å². The zero-order valence-corrected chi connectivity index (χ0v) is 12.2. The molecule has 0 aliphatic carbocycles. The molecule has 9 heteroatoms. The zero-order chi connectivity index (χ0) is 13.8. The van der Waals surface area contributed by atoms with E-state index in [9.17, 15) is 10.1 Å². The molecule has 0 unspecified atom stereocenters. The summed E-state index contributed by atoms with van der Waals surface area (Å²) >= 11 is 2.08. The molecule has 0 aliphatic heterocycles. The molecule has 0 fully saturated rings. The van der Waals surface area contributed by atoms with Gasteiger partial charge in [-0.05, 0) is 29.0 Å². The van der Waals surface area contributed by atoms with Crippen molar-refractivity contribution in [3.8, 4) is 5.82 Å². The topological polar surface area (TPSA) is 98.8 Å². The molecular weight excluding hydrogens is 363 g/mol. The molecule has 0 aliphatic rings. The quantitative estimate of drug-likeness (QED) is 0.488. The SMILES string of the molecule is CCCNc1ncnc(-n2cc(I)cn2)c1[N+](=O)[O-]. The number of rotatable bonds is 5. The van der Waals surface area contributed by atoms with E-state index in [-0.39, 0.29) is 17.3 Å². The maximum atomic E-state index is 11.2. The Hall–Kier alpha value is -1.78. The number of nitrogens with one attached hydrogen (secondary N) is 1. The molecule has 0 saturated heterocycles. The molecule has 19 heavy (non-hydrogen) atoms. The van der Waals surface area contributed by atoms with Gasteiger partial charge in [-0.1, -0.05) is 6.92 Å². The van der Waals surface area contributed by atoms with E-state index in [1.54, 1.807) is 12.4 Å². The number of hydrogen-bond donors (Lipinski definition) is 1. The molecule has 8 nitrogen and oxygen atoms in total. The van der Waals surface area contributed by atoms with E-state index in [1.807, 2.05) is 6.92 Å². The van der Waals surface area contributed by atoms with Crippen LogP contribution in [0.4, 0.5) is 11.5 Å². The predicted molar refractivity (Wildman–Crippen MR) is 77.3 cm³/mol. The van der Waals surface area contributed by atoms with Crippen LogP contribution in [0.5, 0.6) is 0 Å². The summed E-state index contributed by atoms with van der Waals surface area (Å²) in [6, 6.07) is 0. The normalized spacial score (nSPS) is 10.4. The average molecular weight is 374 g/mol. The lowest BCUT2D eigenvalue weighted by molar-refractivity contribution is -0.384. The van der Waals surface area contributed by atoms with Gasteiger partial charge in [-0.25, -0.2) is 14.6 Å². The van der Waals surface area contributed by atoms with Crippen LogP contribution in [0.3, 0.4) is 0 Å². The smallest absolute Gasteiger partial charge is 0.355 e. The van der Waals surface area contributed by atoms with Crippen molar-refractivity contribution in [2.24, 2.45) is 0 Å². The number of nitrogens with zero attached hydrogens (tertiary/aromatic N) is 5. The van der Waals surface area contributed by atoms with Gasteiger partial charge < -0.3 is 5.32 Å². The van der Waals surface area contributed by atoms with Crippen molar-refractivity contribution in [1.82, 2.24) is 19.7 Å². The highest BCUT2D eigenvalue weighted by Crippen LogP contribution is 2.27. The molecule has 0 spiro atoms. The van der Waals surface area contributed by atoms with Crippen LogP contribution in [0.25, 0.3) is 5.82 Å². The van der Waals surface area contributed by atoms with Crippen molar-refractivity contribution in [3.05, 3.63) is 32.4 Å². The highest BCUT2D eigenvalue weighted by atomic mass is 127. The molecule has 0 aromatic carbocycles. The summed E-state index contributed by atoms with van der Waals surface area (Å²) in [5.74, 6) is 0.365. The first kappa shape index (κ1) is 13.6. The van der Waals surface area contributed by atoms with Crippen LogP contribution in [0.2, 0.25) is 0 Å². The Balaban J connectivity index is 2.51. The van der Waals surface area contributed by atoms with Crippen molar-refractivity contribution in [1.29, 1.82) is 0 Å². The lowest BCUT2D eigenvalue weighted by Crippen LogP contribution is -2.10. The van der Waals surface area contributed by atoms with Crippen molar-refractivity contribution in [3.63, 3.8) is 0 Å². The molecule has 2 aromatic rings. The Morgan fingerprint density at radius 3 is 2.89 bits per heavy atom. The second-order valence-corrected chi connectivity index (χ2v) is 4.93. The Kier molecular flexibility index (Phi) is 4.24. The molecule has 0 atom stereocenters. The van der Waals surface area contributed by atoms with Gasteiger partial charge in [0.2, 0.25) is 11.6 Å². The first-order valence-corrected chi connectivity index (χ1v) is 6.65. The Bertz CT molecular complexity index is 599. The molecule has 0 radical (unpaired) electrons. The van der Waals surface area contributed by atoms with Crippen molar-refractivity contribution < 1.29 is 4.92 Å². The summed E-state index contributed by atoms with van der Waals surface area (Å²) in [6.07, 6.45) is 5.40.